The van der Waals surface area contributed by atoms with Crippen LogP contribution < -0.4 is 10.1 Å². The smallest absolute Gasteiger partial charge is 0.339 e. The molecule has 2 heterocycles. The van der Waals surface area contributed by atoms with Gasteiger partial charge in [0.05, 0.1) is 12.5 Å². The minimum absolute atomic E-state index is 0.101. The summed E-state index contributed by atoms with van der Waals surface area (Å²) in [6.07, 6.45) is 0.541. The lowest BCUT2D eigenvalue weighted by Gasteiger charge is -2.24. The summed E-state index contributed by atoms with van der Waals surface area (Å²) < 4.78 is 10.9. The maximum absolute atomic E-state index is 12.3. The van der Waals surface area contributed by atoms with E-state index in [2.05, 4.69) is 5.32 Å². The fourth-order valence-electron chi connectivity index (χ4n) is 2.69. The number of furan rings is 1. The lowest BCUT2D eigenvalue weighted by atomic mass is 9.96. The molecule has 0 saturated heterocycles. The molecule has 1 aliphatic heterocycles. The van der Waals surface area contributed by atoms with Gasteiger partial charge in [-0.25, -0.2) is 4.79 Å². The number of amides is 1. The fourth-order valence-corrected chi connectivity index (χ4v) is 2.89. The Labute approximate surface area is 143 Å². The van der Waals surface area contributed by atoms with E-state index in [0.717, 1.165) is 11.3 Å². The molecule has 0 spiro atoms. The molecule has 2 aromatic rings. The van der Waals surface area contributed by atoms with E-state index in [1.807, 2.05) is 0 Å². The van der Waals surface area contributed by atoms with E-state index in [0.29, 0.717) is 23.0 Å². The molecule has 0 fully saturated rings. The second-order valence-electron chi connectivity index (χ2n) is 5.67. The molecule has 3 rings (SSSR count). The molecule has 2 N–H and O–H groups in total. The fraction of sp³-hybridized carbons (Fsp3) is 0.294. The van der Waals surface area contributed by atoms with Crippen molar-refractivity contribution in [1.82, 2.24) is 5.32 Å². The number of nitrogens with one attached hydrogen (secondary N) is 1. The van der Waals surface area contributed by atoms with Crippen LogP contribution in [0.25, 0.3) is 0 Å². The molecule has 1 aliphatic rings. The molecule has 1 amide bonds. The Kier molecular flexibility index (Phi) is 4.49. The number of fused-ring (bicyclic) bond motifs is 1. The topological polar surface area (TPSA) is 88.8 Å². The molecule has 0 saturated carbocycles. The number of benzene rings is 1. The first-order valence-electron chi connectivity index (χ1n) is 7.45. The zero-order chi connectivity index (χ0) is 17.3. The van der Waals surface area contributed by atoms with E-state index in [4.69, 9.17) is 25.9 Å². The number of carboxylic acid groups (broad SMARTS) is 1. The van der Waals surface area contributed by atoms with Crippen molar-refractivity contribution < 1.29 is 23.8 Å². The lowest BCUT2D eigenvalue weighted by molar-refractivity contribution is -0.126. The molecule has 1 aromatic heterocycles. The Morgan fingerprint density at radius 2 is 2.17 bits per heavy atom. The summed E-state index contributed by atoms with van der Waals surface area (Å²) >= 11 is 5.97. The molecule has 1 atom stereocenters. The molecule has 1 aromatic carbocycles. The third-order valence-electron chi connectivity index (χ3n) is 3.94. The SMILES string of the molecule is Cc1oc(CNC(=O)C2COc3ccc(Cl)cc3C2)cc1C(=O)O. The predicted octanol–water partition coefficient (Wildman–Crippen LogP) is 2.81. The van der Waals surface area contributed by atoms with Crippen molar-refractivity contribution in [1.29, 1.82) is 0 Å². The normalized spacial score (nSPS) is 16.2. The van der Waals surface area contributed by atoms with Crippen LogP contribution in [0.5, 0.6) is 5.75 Å². The summed E-state index contributed by atoms with van der Waals surface area (Å²) in [7, 11) is 0. The van der Waals surface area contributed by atoms with Crippen LogP contribution in [0.1, 0.15) is 27.4 Å². The van der Waals surface area contributed by atoms with Gasteiger partial charge in [-0.3, -0.25) is 4.79 Å². The third kappa shape index (κ3) is 3.38. The highest BCUT2D eigenvalue weighted by atomic mass is 35.5. The first-order chi connectivity index (χ1) is 11.4. The zero-order valence-corrected chi connectivity index (χ0v) is 13.7. The minimum atomic E-state index is -1.05. The van der Waals surface area contributed by atoms with E-state index in [-0.39, 0.29) is 30.5 Å². The van der Waals surface area contributed by atoms with Crippen molar-refractivity contribution in [3.8, 4) is 5.75 Å². The summed E-state index contributed by atoms with van der Waals surface area (Å²) in [5, 5.41) is 12.4. The number of carboxylic acids is 1. The zero-order valence-electron chi connectivity index (χ0n) is 13.0. The van der Waals surface area contributed by atoms with Crippen LogP contribution in [0, 0.1) is 12.8 Å². The van der Waals surface area contributed by atoms with Crippen molar-refractivity contribution in [3.05, 3.63) is 51.9 Å². The highest BCUT2D eigenvalue weighted by Gasteiger charge is 2.26. The molecule has 0 aliphatic carbocycles. The molecule has 24 heavy (non-hydrogen) atoms. The summed E-state index contributed by atoms with van der Waals surface area (Å²) in [4.78, 5) is 23.3. The summed E-state index contributed by atoms with van der Waals surface area (Å²) in [6.45, 7) is 1.99. The van der Waals surface area contributed by atoms with Gasteiger partial charge in [0.25, 0.3) is 0 Å². The Morgan fingerprint density at radius 1 is 1.38 bits per heavy atom. The minimum Gasteiger partial charge on any atom is -0.492 e. The maximum Gasteiger partial charge on any atom is 0.339 e. The second kappa shape index (κ2) is 6.57. The van der Waals surface area contributed by atoms with Crippen LogP contribution >= 0.6 is 11.6 Å². The van der Waals surface area contributed by atoms with Crippen molar-refractivity contribution >= 4 is 23.5 Å². The number of ether oxygens (including phenoxy) is 1. The molecule has 1 unspecified atom stereocenters. The number of carbonyl (C=O) groups excluding carboxylic acids is 1. The van der Waals surface area contributed by atoms with Crippen LogP contribution in [-0.4, -0.2) is 23.6 Å². The summed E-state index contributed by atoms with van der Waals surface area (Å²) in [6, 6.07) is 6.76. The first kappa shape index (κ1) is 16.4. The number of hydrogen-bond acceptors (Lipinski definition) is 4. The van der Waals surface area contributed by atoms with Gasteiger partial charge in [-0.1, -0.05) is 11.6 Å². The van der Waals surface area contributed by atoms with Crippen LogP contribution in [0.3, 0.4) is 0 Å². The standard InChI is InChI=1S/C17H16ClNO5/c1-9-14(17(21)22)6-13(24-9)7-19-16(20)11-4-10-5-12(18)2-3-15(10)23-8-11/h2-3,5-6,11H,4,7-8H2,1H3,(H,19,20)(H,21,22). The maximum atomic E-state index is 12.3. The molecule has 0 radical (unpaired) electrons. The number of aromatic carboxylic acids is 1. The second-order valence-corrected chi connectivity index (χ2v) is 6.11. The molecule has 126 valence electrons. The number of aryl methyl sites for hydroxylation is 1. The van der Waals surface area contributed by atoms with Gasteiger partial charge >= 0.3 is 5.97 Å². The van der Waals surface area contributed by atoms with Gasteiger partial charge in [-0.15, -0.1) is 0 Å². The van der Waals surface area contributed by atoms with E-state index >= 15 is 0 Å². The average Bonchev–Trinajstić information content (AvgIpc) is 2.93. The Balaban J connectivity index is 1.62. The summed E-state index contributed by atoms with van der Waals surface area (Å²) in [5.74, 6) is -0.0912. The number of halogens is 1. The van der Waals surface area contributed by atoms with Gasteiger partial charge in [-0.05, 0) is 43.2 Å². The van der Waals surface area contributed by atoms with Gasteiger partial charge in [0.2, 0.25) is 5.91 Å². The summed E-state index contributed by atoms with van der Waals surface area (Å²) in [5.41, 5.74) is 1.000. The van der Waals surface area contributed by atoms with Crippen LogP contribution in [0.2, 0.25) is 5.02 Å². The van der Waals surface area contributed by atoms with E-state index in [1.54, 1.807) is 25.1 Å². The largest absolute Gasteiger partial charge is 0.492 e. The van der Waals surface area contributed by atoms with Crippen LogP contribution in [0.4, 0.5) is 0 Å². The Morgan fingerprint density at radius 3 is 2.88 bits per heavy atom. The monoisotopic (exact) mass is 349 g/mol. The highest BCUT2D eigenvalue weighted by molar-refractivity contribution is 6.30. The molecule has 0 bridgehead atoms. The van der Waals surface area contributed by atoms with Crippen LogP contribution in [-0.2, 0) is 17.8 Å². The lowest BCUT2D eigenvalue weighted by Crippen LogP contribution is -2.36. The van der Waals surface area contributed by atoms with Gasteiger partial charge < -0.3 is 19.6 Å². The molecular formula is C17H16ClNO5. The third-order valence-corrected chi connectivity index (χ3v) is 4.17. The van der Waals surface area contributed by atoms with Crippen molar-refractivity contribution in [2.75, 3.05) is 6.61 Å². The van der Waals surface area contributed by atoms with Gasteiger partial charge in [-0.2, -0.15) is 0 Å². The average molecular weight is 350 g/mol. The number of carbonyl (C=O) groups is 2. The van der Waals surface area contributed by atoms with Crippen molar-refractivity contribution in [2.24, 2.45) is 5.92 Å². The van der Waals surface area contributed by atoms with E-state index in [1.165, 1.54) is 6.07 Å². The predicted molar refractivity (Wildman–Crippen MR) is 86.4 cm³/mol. The van der Waals surface area contributed by atoms with Gasteiger partial charge in [0.15, 0.2) is 0 Å². The van der Waals surface area contributed by atoms with Gasteiger partial charge in [0, 0.05) is 5.02 Å². The van der Waals surface area contributed by atoms with Crippen LogP contribution in [0.15, 0.2) is 28.7 Å². The number of hydrogen-bond donors (Lipinski definition) is 2. The molecule has 6 nitrogen and oxygen atoms in total. The highest BCUT2D eigenvalue weighted by Crippen LogP contribution is 2.29. The Bertz CT molecular complexity index is 798. The quantitative estimate of drug-likeness (QED) is 0.886. The Hall–Kier alpha value is -2.47. The number of rotatable bonds is 4. The first-order valence-corrected chi connectivity index (χ1v) is 7.83. The molecular weight excluding hydrogens is 334 g/mol. The van der Waals surface area contributed by atoms with E-state index < -0.39 is 5.97 Å². The van der Waals surface area contributed by atoms with E-state index in [9.17, 15) is 9.59 Å². The molecule has 7 heteroatoms. The van der Waals surface area contributed by atoms with Gasteiger partial charge in [0.1, 0.15) is 29.4 Å². The van der Waals surface area contributed by atoms with Crippen molar-refractivity contribution in [3.63, 3.8) is 0 Å². The van der Waals surface area contributed by atoms with Crippen molar-refractivity contribution in [2.45, 2.75) is 19.9 Å².